The number of aryl methyl sites for hydroxylation is 1. The Kier molecular flexibility index (Phi) is 5.71. The summed E-state index contributed by atoms with van der Waals surface area (Å²) in [6.45, 7) is -0.684. The molecule has 0 heterocycles. The maximum absolute atomic E-state index is 12.6. The van der Waals surface area contributed by atoms with Gasteiger partial charge in [0, 0.05) is 0 Å². The molecule has 0 aliphatic rings. The first-order chi connectivity index (χ1) is 8.26. The molecule has 0 saturated carbocycles. The van der Waals surface area contributed by atoms with Crippen LogP contribution in [-0.2, 0) is 11.2 Å². The van der Waals surface area contributed by atoms with Crippen LogP contribution < -0.4 is 5.43 Å². The molecule has 0 aliphatic carbocycles. The predicted octanol–water partition coefficient (Wildman–Crippen LogP) is 2.30. The molecule has 0 saturated heterocycles. The highest BCUT2D eigenvalue weighted by Gasteiger charge is 2.02. The van der Waals surface area contributed by atoms with Gasteiger partial charge in [0.1, 0.15) is 6.67 Å². The van der Waals surface area contributed by atoms with E-state index in [1.807, 2.05) is 30.3 Å². The number of hydrogen-bond acceptors (Lipinski definition) is 3. The second kappa shape index (κ2) is 7.38. The Labute approximate surface area is 99.5 Å². The van der Waals surface area contributed by atoms with Gasteiger partial charge < -0.3 is 4.74 Å². The van der Waals surface area contributed by atoms with Gasteiger partial charge in [-0.25, -0.2) is 14.6 Å². The molecule has 0 fully saturated rings. The van der Waals surface area contributed by atoms with Crippen LogP contribution in [0.25, 0.3) is 0 Å². The number of rotatable bonds is 5. The quantitative estimate of drug-likeness (QED) is 0.632. The van der Waals surface area contributed by atoms with Crippen molar-refractivity contribution in [1.29, 1.82) is 0 Å². The summed E-state index contributed by atoms with van der Waals surface area (Å²) in [6.07, 6.45) is 0.451. The number of methoxy groups -OCH3 is 1. The van der Waals surface area contributed by atoms with Crippen molar-refractivity contribution in [2.45, 2.75) is 12.8 Å². The third kappa shape index (κ3) is 5.10. The van der Waals surface area contributed by atoms with Crippen LogP contribution in [0.4, 0.5) is 9.18 Å². The van der Waals surface area contributed by atoms with Crippen molar-refractivity contribution < 1.29 is 13.9 Å². The van der Waals surface area contributed by atoms with Crippen molar-refractivity contribution in [3.63, 3.8) is 0 Å². The van der Waals surface area contributed by atoms with E-state index in [9.17, 15) is 9.18 Å². The monoisotopic (exact) mass is 238 g/mol. The number of benzene rings is 1. The molecule has 5 heteroatoms. The van der Waals surface area contributed by atoms with Gasteiger partial charge in [0.2, 0.25) is 0 Å². The second-order valence-electron chi connectivity index (χ2n) is 3.40. The topological polar surface area (TPSA) is 50.7 Å². The minimum absolute atomic E-state index is 0.291. The maximum atomic E-state index is 12.6. The lowest BCUT2D eigenvalue weighted by molar-refractivity contribution is 0.171. The van der Waals surface area contributed by atoms with Gasteiger partial charge in [-0.3, -0.25) is 0 Å². The number of carbonyl (C=O) groups is 1. The molecule has 1 amide bonds. The Hall–Kier alpha value is -1.91. The Morgan fingerprint density at radius 1 is 1.41 bits per heavy atom. The third-order valence-electron chi connectivity index (χ3n) is 2.19. The summed E-state index contributed by atoms with van der Waals surface area (Å²) >= 11 is 0. The zero-order chi connectivity index (χ0) is 12.5. The summed E-state index contributed by atoms with van der Waals surface area (Å²) in [5.74, 6) is 0. The van der Waals surface area contributed by atoms with Crippen molar-refractivity contribution in [3.05, 3.63) is 35.9 Å². The number of hydrazone groups is 1. The molecule has 0 aliphatic heterocycles. The van der Waals surface area contributed by atoms with Gasteiger partial charge in [-0.15, -0.1) is 0 Å². The van der Waals surface area contributed by atoms with E-state index in [0.717, 1.165) is 5.56 Å². The Bertz CT molecular complexity index is 379. The van der Waals surface area contributed by atoms with Crippen LogP contribution in [0.3, 0.4) is 0 Å². The first-order valence-electron chi connectivity index (χ1n) is 5.25. The SMILES string of the molecule is COC(=O)N/N=C(/CF)CCc1ccccc1. The highest BCUT2D eigenvalue weighted by Crippen LogP contribution is 2.03. The van der Waals surface area contributed by atoms with Gasteiger partial charge in [-0.1, -0.05) is 30.3 Å². The zero-order valence-electron chi connectivity index (χ0n) is 9.65. The van der Waals surface area contributed by atoms with E-state index in [1.54, 1.807) is 0 Å². The van der Waals surface area contributed by atoms with E-state index < -0.39 is 12.8 Å². The number of halogens is 1. The molecule has 92 valence electrons. The molecule has 1 aromatic rings. The number of ether oxygens (including phenoxy) is 1. The van der Waals surface area contributed by atoms with Crippen molar-refractivity contribution in [1.82, 2.24) is 5.43 Å². The van der Waals surface area contributed by atoms with E-state index in [4.69, 9.17) is 0 Å². The molecule has 0 bridgehead atoms. The van der Waals surface area contributed by atoms with Gasteiger partial charge in [0.15, 0.2) is 0 Å². The Morgan fingerprint density at radius 2 is 2.12 bits per heavy atom. The summed E-state index contributed by atoms with van der Waals surface area (Å²) in [7, 11) is 1.23. The molecule has 0 unspecified atom stereocenters. The first-order valence-corrected chi connectivity index (χ1v) is 5.25. The summed E-state index contributed by atoms with van der Waals surface area (Å²) in [5.41, 5.74) is 3.50. The predicted molar refractivity (Wildman–Crippen MR) is 63.7 cm³/mol. The Balaban J connectivity index is 2.44. The molecule has 1 aromatic carbocycles. The molecule has 0 spiro atoms. The van der Waals surface area contributed by atoms with E-state index in [-0.39, 0.29) is 0 Å². The average molecular weight is 238 g/mol. The molecule has 4 nitrogen and oxygen atoms in total. The molecular weight excluding hydrogens is 223 g/mol. The maximum Gasteiger partial charge on any atom is 0.427 e. The van der Waals surface area contributed by atoms with Crippen LogP contribution in [0.1, 0.15) is 12.0 Å². The van der Waals surface area contributed by atoms with Gasteiger partial charge in [0.25, 0.3) is 0 Å². The molecule has 0 atom stereocenters. The summed E-state index contributed by atoms with van der Waals surface area (Å²) in [5, 5.41) is 3.65. The van der Waals surface area contributed by atoms with E-state index >= 15 is 0 Å². The second-order valence-corrected chi connectivity index (χ2v) is 3.40. The van der Waals surface area contributed by atoms with Crippen molar-refractivity contribution in [3.8, 4) is 0 Å². The molecular formula is C12H15FN2O2. The van der Waals surface area contributed by atoms with Gasteiger partial charge in [-0.05, 0) is 18.4 Å². The van der Waals surface area contributed by atoms with Crippen LogP contribution in [0.15, 0.2) is 35.4 Å². The summed E-state index contributed by atoms with van der Waals surface area (Å²) in [6, 6.07) is 9.70. The highest BCUT2D eigenvalue weighted by atomic mass is 19.1. The zero-order valence-corrected chi connectivity index (χ0v) is 9.65. The van der Waals surface area contributed by atoms with Crippen LogP contribution >= 0.6 is 0 Å². The summed E-state index contributed by atoms with van der Waals surface area (Å²) < 4.78 is 16.9. The fraction of sp³-hybridized carbons (Fsp3) is 0.333. The number of hydrogen-bond donors (Lipinski definition) is 1. The van der Waals surface area contributed by atoms with Crippen LogP contribution in [0.5, 0.6) is 0 Å². The lowest BCUT2D eigenvalue weighted by Gasteiger charge is -2.03. The molecule has 17 heavy (non-hydrogen) atoms. The minimum atomic E-state index is -0.698. The summed E-state index contributed by atoms with van der Waals surface area (Å²) in [4.78, 5) is 10.7. The number of nitrogens with one attached hydrogen (secondary N) is 1. The van der Waals surface area contributed by atoms with Crippen LogP contribution in [0.2, 0.25) is 0 Å². The van der Waals surface area contributed by atoms with E-state index in [2.05, 4.69) is 15.3 Å². The first kappa shape index (κ1) is 13.2. The number of nitrogens with zero attached hydrogens (tertiary/aromatic N) is 1. The minimum Gasteiger partial charge on any atom is -0.452 e. The third-order valence-corrected chi connectivity index (χ3v) is 2.19. The van der Waals surface area contributed by atoms with Gasteiger partial charge >= 0.3 is 6.09 Å². The average Bonchev–Trinajstić information content (AvgIpc) is 2.39. The lowest BCUT2D eigenvalue weighted by Crippen LogP contribution is -2.20. The fourth-order valence-corrected chi connectivity index (χ4v) is 1.26. The van der Waals surface area contributed by atoms with Gasteiger partial charge in [0.05, 0.1) is 12.8 Å². The molecule has 1 rings (SSSR count). The Morgan fingerprint density at radius 3 is 2.71 bits per heavy atom. The van der Waals surface area contributed by atoms with Crippen molar-refractivity contribution >= 4 is 11.8 Å². The normalized spacial score (nSPS) is 11.1. The highest BCUT2D eigenvalue weighted by molar-refractivity contribution is 5.86. The number of carbonyl (C=O) groups excluding carboxylic acids is 1. The number of alkyl halides is 1. The smallest absolute Gasteiger partial charge is 0.427 e. The van der Waals surface area contributed by atoms with E-state index in [0.29, 0.717) is 18.6 Å². The van der Waals surface area contributed by atoms with Gasteiger partial charge in [-0.2, -0.15) is 5.10 Å². The van der Waals surface area contributed by atoms with Crippen LogP contribution in [-0.4, -0.2) is 25.6 Å². The van der Waals surface area contributed by atoms with Crippen LogP contribution in [0, 0.1) is 0 Å². The molecule has 1 N–H and O–H groups in total. The molecule has 0 radical (unpaired) electrons. The largest absolute Gasteiger partial charge is 0.452 e. The van der Waals surface area contributed by atoms with E-state index in [1.165, 1.54) is 7.11 Å². The molecule has 0 aromatic heterocycles. The van der Waals surface area contributed by atoms with Crippen molar-refractivity contribution in [2.24, 2.45) is 5.10 Å². The standard InChI is InChI=1S/C12H15FN2O2/c1-17-12(16)15-14-11(9-13)8-7-10-5-3-2-4-6-10/h2-6H,7-9H2,1H3,(H,15,16)/b14-11+. The lowest BCUT2D eigenvalue weighted by atomic mass is 10.1. The fourth-order valence-electron chi connectivity index (χ4n) is 1.26. The van der Waals surface area contributed by atoms with Crippen molar-refractivity contribution in [2.75, 3.05) is 13.8 Å². The number of amides is 1.